The zero-order chi connectivity index (χ0) is 16.4. The third kappa shape index (κ3) is 2.78. The van der Waals surface area contributed by atoms with Crippen molar-refractivity contribution in [2.45, 2.75) is 6.54 Å². The molecule has 0 saturated heterocycles. The van der Waals surface area contributed by atoms with Crippen molar-refractivity contribution in [2.24, 2.45) is 5.73 Å². The van der Waals surface area contributed by atoms with Gasteiger partial charge in [-0.15, -0.1) is 0 Å². The maximum Gasteiger partial charge on any atom is 0.275 e. The minimum absolute atomic E-state index is 0.257. The van der Waals surface area contributed by atoms with Gasteiger partial charge in [0.1, 0.15) is 12.3 Å². The van der Waals surface area contributed by atoms with Gasteiger partial charge in [0.05, 0.1) is 18.2 Å². The van der Waals surface area contributed by atoms with Crippen molar-refractivity contribution >= 4 is 16.7 Å². The summed E-state index contributed by atoms with van der Waals surface area (Å²) in [5.41, 5.74) is 6.31. The summed E-state index contributed by atoms with van der Waals surface area (Å²) in [6.07, 6.45) is 0. The minimum Gasteiger partial charge on any atom is -0.497 e. The van der Waals surface area contributed by atoms with Crippen LogP contribution in [-0.4, -0.2) is 22.8 Å². The SMILES string of the molecule is COc1ccc(-c2nn(CC(N)=O)c(=O)c3ccccc23)cc1. The molecule has 0 spiro atoms. The van der Waals surface area contributed by atoms with Gasteiger partial charge in [-0.3, -0.25) is 9.59 Å². The molecule has 3 rings (SSSR count). The molecule has 6 nitrogen and oxygen atoms in total. The fourth-order valence-corrected chi connectivity index (χ4v) is 2.45. The van der Waals surface area contributed by atoms with E-state index in [9.17, 15) is 9.59 Å². The lowest BCUT2D eigenvalue weighted by Crippen LogP contribution is -2.30. The van der Waals surface area contributed by atoms with Gasteiger partial charge in [0.15, 0.2) is 0 Å². The van der Waals surface area contributed by atoms with Gasteiger partial charge in [-0.05, 0) is 30.3 Å². The Morgan fingerprint density at radius 2 is 1.78 bits per heavy atom. The van der Waals surface area contributed by atoms with Gasteiger partial charge in [0.2, 0.25) is 5.91 Å². The molecular formula is C17H15N3O3. The van der Waals surface area contributed by atoms with Crippen LogP contribution in [-0.2, 0) is 11.3 Å². The number of carbonyl (C=O) groups excluding carboxylic acids is 1. The van der Waals surface area contributed by atoms with Gasteiger partial charge < -0.3 is 10.5 Å². The summed E-state index contributed by atoms with van der Waals surface area (Å²) in [4.78, 5) is 23.6. The number of ether oxygens (including phenoxy) is 1. The smallest absolute Gasteiger partial charge is 0.275 e. The van der Waals surface area contributed by atoms with E-state index in [0.717, 1.165) is 21.4 Å². The van der Waals surface area contributed by atoms with Crippen molar-refractivity contribution in [3.8, 4) is 17.0 Å². The Morgan fingerprint density at radius 1 is 1.13 bits per heavy atom. The lowest BCUT2D eigenvalue weighted by Gasteiger charge is -2.10. The predicted octanol–water partition coefficient (Wildman–Crippen LogP) is 1.56. The number of hydrogen-bond donors (Lipinski definition) is 1. The molecule has 116 valence electrons. The Hall–Kier alpha value is -3.15. The van der Waals surface area contributed by atoms with Crippen LogP contribution in [0.4, 0.5) is 0 Å². The van der Waals surface area contributed by atoms with Crippen molar-refractivity contribution in [3.63, 3.8) is 0 Å². The van der Waals surface area contributed by atoms with Crippen LogP contribution in [0.1, 0.15) is 0 Å². The Labute approximate surface area is 132 Å². The summed E-state index contributed by atoms with van der Waals surface area (Å²) in [7, 11) is 1.59. The van der Waals surface area contributed by atoms with Crippen LogP contribution >= 0.6 is 0 Å². The van der Waals surface area contributed by atoms with Crippen LogP contribution in [0.15, 0.2) is 53.3 Å². The Kier molecular flexibility index (Phi) is 3.80. The summed E-state index contributed by atoms with van der Waals surface area (Å²) in [6.45, 7) is -0.257. The molecule has 2 N–H and O–H groups in total. The summed E-state index contributed by atoms with van der Waals surface area (Å²) < 4.78 is 6.25. The van der Waals surface area contributed by atoms with Crippen LogP contribution in [0, 0.1) is 0 Å². The molecule has 6 heteroatoms. The number of rotatable bonds is 4. The molecule has 0 unspecified atom stereocenters. The topological polar surface area (TPSA) is 87.2 Å². The Balaban J connectivity index is 2.27. The van der Waals surface area contributed by atoms with Crippen molar-refractivity contribution in [3.05, 3.63) is 58.9 Å². The van der Waals surface area contributed by atoms with E-state index in [4.69, 9.17) is 10.5 Å². The molecular weight excluding hydrogens is 294 g/mol. The van der Waals surface area contributed by atoms with Crippen LogP contribution in [0.2, 0.25) is 0 Å². The van der Waals surface area contributed by atoms with Crippen molar-refractivity contribution in [1.29, 1.82) is 0 Å². The summed E-state index contributed by atoms with van der Waals surface area (Å²) in [5.74, 6) is 0.110. The van der Waals surface area contributed by atoms with E-state index in [1.54, 1.807) is 19.2 Å². The van der Waals surface area contributed by atoms with Crippen molar-refractivity contribution in [1.82, 2.24) is 9.78 Å². The third-order valence-corrected chi connectivity index (χ3v) is 3.54. The van der Waals surface area contributed by atoms with E-state index in [1.165, 1.54) is 0 Å². The quantitative estimate of drug-likeness (QED) is 0.792. The van der Waals surface area contributed by atoms with E-state index < -0.39 is 5.91 Å². The molecule has 0 bridgehead atoms. The molecule has 0 radical (unpaired) electrons. The molecule has 0 atom stereocenters. The van der Waals surface area contributed by atoms with Gasteiger partial charge >= 0.3 is 0 Å². The fourth-order valence-electron chi connectivity index (χ4n) is 2.45. The fraction of sp³-hybridized carbons (Fsp3) is 0.118. The summed E-state index contributed by atoms with van der Waals surface area (Å²) >= 11 is 0. The first-order chi connectivity index (χ1) is 11.1. The molecule has 1 aromatic heterocycles. The van der Waals surface area contributed by atoms with E-state index >= 15 is 0 Å². The van der Waals surface area contributed by atoms with Gasteiger partial charge in [0.25, 0.3) is 5.56 Å². The maximum absolute atomic E-state index is 12.4. The number of methoxy groups -OCH3 is 1. The molecule has 0 saturated carbocycles. The van der Waals surface area contributed by atoms with E-state index in [-0.39, 0.29) is 12.1 Å². The normalized spacial score (nSPS) is 10.7. The molecule has 0 aliphatic carbocycles. The molecule has 1 amide bonds. The van der Waals surface area contributed by atoms with Crippen LogP contribution in [0.3, 0.4) is 0 Å². The molecule has 0 fully saturated rings. The van der Waals surface area contributed by atoms with Gasteiger partial charge in [0, 0.05) is 10.9 Å². The molecule has 0 aliphatic rings. The first-order valence-corrected chi connectivity index (χ1v) is 7.03. The number of primary amides is 1. The van der Waals surface area contributed by atoms with Crippen molar-refractivity contribution in [2.75, 3.05) is 7.11 Å². The molecule has 3 aromatic rings. The van der Waals surface area contributed by atoms with Gasteiger partial charge in [-0.25, -0.2) is 4.68 Å². The number of amides is 1. The predicted molar refractivity (Wildman–Crippen MR) is 87.2 cm³/mol. The second kappa shape index (κ2) is 5.92. The largest absolute Gasteiger partial charge is 0.497 e. The lowest BCUT2D eigenvalue weighted by atomic mass is 10.0. The number of hydrogen-bond acceptors (Lipinski definition) is 4. The zero-order valence-electron chi connectivity index (χ0n) is 12.5. The van der Waals surface area contributed by atoms with E-state index in [0.29, 0.717) is 11.1 Å². The average molecular weight is 309 g/mol. The highest BCUT2D eigenvalue weighted by Crippen LogP contribution is 2.26. The van der Waals surface area contributed by atoms with E-state index in [2.05, 4.69) is 5.10 Å². The van der Waals surface area contributed by atoms with Crippen LogP contribution < -0.4 is 16.0 Å². The standard InChI is InChI=1S/C17H15N3O3/c1-23-12-8-6-11(7-9-12)16-13-4-2-3-5-14(13)17(22)20(19-16)10-15(18)21/h2-9H,10H2,1H3,(H2,18,21). The summed E-state index contributed by atoms with van der Waals surface area (Å²) in [6, 6.07) is 14.5. The summed E-state index contributed by atoms with van der Waals surface area (Å²) in [5, 5.41) is 5.55. The van der Waals surface area contributed by atoms with Gasteiger partial charge in [-0.1, -0.05) is 18.2 Å². The highest BCUT2D eigenvalue weighted by atomic mass is 16.5. The number of nitrogens with two attached hydrogens (primary N) is 1. The number of carbonyl (C=O) groups is 1. The number of nitrogens with zero attached hydrogens (tertiary/aromatic N) is 2. The Bertz CT molecular complexity index is 930. The second-order valence-electron chi connectivity index (χ2n) is 5.05. The lowest BCUT2D eigenvalue weighted by molar-refractivity contribution is -0.118. The number of aromatic nitrogens is 2. The molecule has 2 aromatic carbocycles. The second-order valence-corrected chi connectivity index (χ2v) is 5.05. The highest BCUT2D eigenvalue weighted by Gasteiger charge is 2.13. The monoisotopic (exact) mass is 309 g/mol. The van der Waals surface area contributed by atoms with E-state index in [1.807, 2.05) is 36.4 Å². The zero-order valence-corrected chi connectivity index (χ0v) is 12.5. The Morgan fingerprint density at radius 3 is 2.39 bits per heavy atom. The molecule has 1 heterocycles. The van der Waals surface area contributed by atoms with Crippen molar-refractivity contribution < 1.29 is 9.53 Å². The number of fused-ring (bicyclic) bond motifs is 1. The first-order valence-electron chi connectivity index (χ1n) is 7.03. The first kappa shape index (κ1) is 14.8. The highest BCUT2D eigenvalue weighted by molar-refractivity contribution is 5.93. The van der Waals surface area contributed by atoms with Gasteiger partial charge in [-0.2, -0.15) is 5.10 Å². The third-order valence-electron chi connectivity index (χ3n) is 3.54. The average Bonchev–Trinajstić information content (AvgIpc) is 2.57. The minimum atomic E-state index is -0.615. The van der Waals surface area contributed by atoms with Crippen LogP contribution in [0.5, 0.6) is 5.75 Å². The van der Waals surface area contributed by atoms with Crippen LogP contribution in [0.25, 0.3) is 22.0 Å². The number of benzene rings is 2. The maximum atomic E-state index is 12.4. The molecule has 0 aliphatic heterocycles. The molecule has 23 heavy (non-hydrogen) atoms.